The van der Waals surface area contributed by atoms with Gasteiger partial charge in [-0.1, -0.05) is 13.3 Å². The average molecular weight is 216 g/mol. The van der Waals surface area contributed by atoms with Gasteiger partial charge in [-0.15, -0.1) is 5.47 Å². The van der Waals surface area contributed by atoms with Gasteiger partial charge in [0, 0.05) is 6.42 Å². The van der Waals surface area contributed by atoms with Gasteiger partial charge in [0.15, 0.2) is 5.78 Å². The predicted octanol–water partition coefficient (Wildman–Crippen LogP) is -0.698. The van der Waals surface area contributed by atoms with Crippen molar-refractivity contribution >= 4 is 12.8 Å². The van der Waals surface area contributed by atoms with Crippen molar-refractivity contribution in [2.45, 2.75) is 19.8 Å². The van der Waals surface area contributed by atoms with Crippen LogP contribution in [0.15, 0.2) is 11.5 Å². The number of hydrogen-bond donors (Lipinski definition) is 0. The Hall–Kier alpha value is 0.901. The summed E-state index contributed by atoms with van der Waals surface area (Å²) in [5.41, 5.74) is -0.626. The van der Waals surface area contributed by atoms with Crippen molar-refractivity contribution in [3.05, 3.63) is 11.5 Å². The van der Waals surface area contributed by atoms with Crippen LogP contribution in [-0.2, 0) is 4.79 Å². The maximum absolute atomic E-state index is 12.1. The number of hydrogen-bond acceptors (Lipinski definition) is 1. The van der Waals surface area contributed by atoms with E-state index in [0.29, 0.717) is 0 Å². The number of ketones is 1. The summed E-state index contributed by atoms with van der Waals surface area (Å²) in [5.74, 6) is -0.566. The third kappa shape index (κ3) is 4.29. The van der Waals surface area contributed by atoms with Crippen molar-refractivity contribution in [1.82, 2.24) is 0 Å². The van der Waals surface area contributed by atoms with Gasteiger partial charge >= 0.3 is 58.4 Å². The first-order valence-electron chi connectivity index (χ1n) is 3.83. The molecule has 0 bridgehead atoms. The van der Waals surface area contributed by atoms with E-state index in [-0.39, 0.29) is 70.1 Å². The number of halogens is 3. The van der Waals surface area contributed by atoms with Gasteiger partial charge in [-0.25, -0.2) is 0 Å². The number of carbonyl (C=O) groups excluding carboxylic acids is 1. The zero-order valence-electron chi connectivity index (χ0n) is 7.69. The summed E-state index contributed by atoms with van der Waals surface area (Å²) in [6.45, 7) is -3.29. The van der Waals surface area contributed by atoms with Gasteiger partial charge in [-0.3, -0.25) is 4.79 Å². The Bertz CT molecular complexity index is 236. The van der Waals surface area contributed by atoms with Crippen LogP contribution in [-0.4, -0.2) is 12.8 Å². The maximum atomic E-state index is 12.1. The van der Waals surface area contributed by atoms with Crippen molar-refractivity contribution in [3.63, 3.8) is 0 Å². The Morgan fingerprint density at radius 3 is 2.31 bits per heavy atom. The molecule has 0 saturated heterocycles. The van der Waals surface area contributed by atoms with Gasteiger partial charge in [-0.2, -0.15) is 0 Å². The van der Waals surface area contributed by atoms with Crippen LogP contribution in [0.5, 0.6) is 0 Å². The van der Waals surface area contributed by atoms with E-state index in [1.807, 2.05) is 0 Å². The zero-order valence-corrected chi connectivity index (χ0v) is 10.8. The topological polar surface area (TPSA) is 17.1 Å². The van der Waals surface area contributed by atoms with Gasteiger partial charge in [0.05, 0.1) is 0 Å². The molecule has 1 rings (SSSR count). The first-order valence-corrected chi connectivity index (χ1v) is 3.83. The van der Waals surface area contributed by atoms with E-state index in [2.05, 4.69) is 0 Å². The summed E-state index contributed by atoms with van der Waals surface area (Å²) in [5, 5.41) is 0. The van der Waals surface area contributed by atoms with Gasteiger partial charge in [-0.05, 0) is 12.0 Å². The van der Waals surface area contributed by atoms with Crippen molar-refractivity contribution in [2.75, 3.05) is 0 Å². The fourth-order valence-electron chi connectivity index (χ4n) is 1.37. The van der Waals surface area contributed by atoms with Gasteiger partial charge < -0.3 is 12.9 Å². The standard InChI is InChI=1S/C7H9BF3O.K/c1-5-2-6(8(9,10)11)4-7(12)3-5;/h4-5H,2-3H2,1H3;/q-1;+1. The average Bonchev–Trinajstić information content (AvgIpc) is 1.82. The van der Waals surface area contributed by atoms with Crippen molar-refractivity contribution in [1.29, 1.82) is 0 Å². The number of allylic oxidation sites excluding steroid dienone is 2. The Labute approximate surface area is 118 Å². The van der Waals surface area contributed by atoms with Crippen LogP contribution >= 0.6 is 0 Å². The summed E-state index contributed by atoms with van der Waals surface area (Å²) in [7, 11) is 0. The largest absolute Gasteiger partial charge is 1.00 e. The smallest absolute Gasteiger partial charge is 0.445 e. The SMILES string of the molecule is CC1CC(=O)C=C([B-](F)(F)F)C1.[K+]. The zero-order chi connectivity index (χ0) is 9.35. The molecule has 0 amide bonds. The molecule has 1 atom stereocenters. The Morgan fingerprint density at radius 2 is 1.92 bits per heavy atom. The van der Waals surface area contributed by atoms with Crippen LogP contribution in [0.3, 0.4) is 0 Å². The summed E-state index contributed by atoms with van der Waals surface area (Å²) < 4.78 is 36.4. The summed E-state index contributed by atoms with van der Waals surface area (Å²) in [4.78, 5) is 10.8. The molecule has 0 N–H and O–H groups in total. The number of rotatable bonds is 1. The van der Waals surface area contributed by atoms with Crippen molar-refractivity contribution in [3.8, 4) is 0 Å². The van der Waals surface area contributed by atoms with E-state index in [9.17, 15) is 17.7 Å². The number of carbonyl (C=O) groups is 1. The molecule has 0 aliphatic heterocycles. The normalized spacial score (nSPS) is 23.5. The third-order valence-electron chi connectivity index (χ3n) is 1.90. The van der Waals surface area contributed by atoms with Crippen LogP contribution in [0, 0.1) is 5.92 Å². The molecule has 0 saturated carbocycles. The molecule has 0 aromatic heterocycles. The molecule has 0 radical (unpaired) electrons. The molecular formula is C7H9BF3KO. The molecule has 68 valence electrons. The second-order valence-corrected chi connectivity index (χ2v) is 3.27. The van der Waals surface area contributed by atoms with Gasteiger partial charge in [0.25, 0.3) is 0 Å². The molecule has 0 aromatic carbocycles. The molecule has 1 aliphatic rings. The molecule has 1 unspecified atom stereocenters. The monoisotopic (exact) mass is 216 g/mol. The Kier molecular flexibility index (Phi) is 5.47. The Morgan fingerprint density at radius 1 is 1.38 bits per heavy atom. The van der Waals surface area contributed by atoms with E-state index < -0.39 is 18.2 Å². The van der Waals surface area contributed by atoms with Crippen LogP contribution in [0.25, 0.3) is 0 Å². The Balaban J connectivity index is 0.00000144. The maximum Gasteiger partial charge on any atom is 1.00 e. The molecule has 0 spiro atoms. The summed E-state index contributed by atoms with van der Waals surface area (Å²) in [6.07, 6.45) is 0.991. The van der Waals surface area contributed by atoms with Crippen LogP contribution in [0.1, 0.15) is 19.8 Å². The van der Waals surface area contributed by atoms with Crippen LogP contribution < -0.4 is 51.4 Å². The van der Waals surface area contributed by atoms with Crippen molar-refractivity contribution in [2.24, 2.45) is 5.92 Å². The van der Waals surface area contributed by atoms with Gasteiger partial charge in [0.1, 0.15) is 0 Å². The minimum Gasteiger partial charge on any atom is -0.445 e. The quantitative estimate of drug-likeness (QED) is 0.530. The molecular weight excluding hydrogens is 207 g/mol. The van der Waals surface area contributed by atoms with E-state index in [4.69, 9.17) is 0 Å². The molecule has 6 heteroatoms. The van der Waals surface area contributed by atoms with E-state index in [0.717, 1.165) is 6.08 Å². The first-order chi connectivity index (χ1) is 5.39. The van der Waals surface area contributed by atoms with E-state index in [1.165, 1.54) is 0 Å². The molecule has 0 heterocycles. The first kappa shape index (κ1) is 13.9. The second-order valence-electron chi connectivity index (χ2n) is 3.27. The third-order valence-corrected chi connectivity index (χ3v) is 1.90. The van der Waals surface area contributed by atoms with Gasteiger partial charge in [0.2, 0.25) is 0 Å². The molecule has 0 fully saturated rings. The molecule has 1 aliphatic carbocycles. The van der Waals surface area contributed by atoms with Crippen molar-refractivity contribution < 1.29 is 69.1 Å². The second kappa shape index (κ2) is 5.11. The molecule has 1 nitrogen and oxygen atoms in total. The minimum atomic E-state index is -4.95. The summed E-state index contributed by atoms with van der Waals surface area (Å²) in [6, 6.07) is 0. The van der Waals surface area contributed by atoms with E-state index >= 15 is 0 Å². The minimum absolute atomic E-state index is 0. The fraction of sp³-hybridized carbons (Fsp3) is 0.571. The molecule has 13 heavy (non-hydrogen) atoms. The van der Waals surface area contributed by atoms with Crippen LogP contribution in [0.2, 0.25) is 0 Å². The molecule has 0 aromatic rings. The fourth-order valence-corrected chi connectivity index (χ4v) is 1.37. The van der Waals surface area contributed by atoms with Crippen LogP contribution in [0.4, 0.5) is 12.9 Å². The van der Waals surface area contributed by atoms with E-state index in [1.54, 1.807) is 6.92 Å². The summed E-state index contributed by atoms with van der Waals surface area (Å²) >= 11 is 0. The predicted molar refractivity (Wildman–Crippen MR) is 40.6 cm³/mol.